The molecule has 2 aromatic rings. The first-order chi connectivity index (χ1) is 12.7. The van der Waals surface area contributed by atoms with E-state index in [-0.39, 0.29) is 11.9 Å². The van der Waals surface area contributed by atoms with E-state index in [1.807, 2.05) is 31.2 Å². The van der Waals surface area contributed by atoms with E-state index in [1.165, 1.54) is 16.9 Å². The number of fused-ring (bicyclic) bond motifs is 1. The Morgan fingerprint density at radius 1 is 1.19 bits per heavy atom. The average Bonchev–Trinajstić information content (AvgIpc) is 2.96. The topological polar surface area (TPSA) is 66.9 Å². The van der Waals surface area contributed by atoms with Gasteiger partial charge in [0.1, 0.15) is 5.75 Å². The van der Waals surface area contributed by atoms with E-state index < -0.39 is 16.1 Å². The Hall–Kier alpha value is -2.54. The molecule has 0 radical (unpaired) electrons. The van der Waals surface area contributed by atoms with Crippen molar-refractivity contribution in [1.82, 2.24) is 0 Å². The van der Waals surface area contributed by atoms with E-state index in [4.69, 9.17) is 4.74 Å². The monoisotopic (exact) mass is 388 g/mol. The van der Waals surface area contributed by atoms with Crippen LogP contribution in [0.5, 0.6) is 5.75 Å². The van der Waals surface area contributed by atoms with Crippen molar-refractivity contribution < 1.29 is 17.9 Å². The first-order valence-electron chi connectivity index (χ1n) is 8.80. The van der Waals surface area contributed by atoms with Crippen LogP contribution >= 0.6 is 0 Å². The fourth-order valence-electron chi connectivity index (χ4n) is 3.28. The van der Waals surface area contributed by atoms with Gasteiger partial charge in [0, 0.05) is 18.8 Å². The second-order valence-electron chi connectivity index (χ2n) is 6.87. The number of para-hydroxylation sites is 1. The molecule has 0 aromatic heterocycles. The summed E-state index contributed by atoms with van der Waals surface area (Å²) >= 11 is 0. The van der Waals surface area contributed by atoms with Gasteiger partial charge in [0.15, 0.2) is 6.10 Å². The van der Waals surface area contributed by atoms with Gasteiger partial charge >= 0.3 is 0 Å². The lowest BCUT2D eigenvalue weighted by Crippen LogP contribution is -2.43. The number of carbonyl (C=O) groups is 1. The summed E-state index contributed by atoms with van der Waals surface area (Å²) in [5.41, 5.74) is 2.64. The molecule has 0 aliphatic carbocycles. The number of nitrogens with zero attached hydrogens (tertiary/aromatic N) is 2. The molecule has 3 rings (SSSR count). The van der Waals surface area contributed by atoms with Crippen molar-refractivity contribution >= 4 is 27.3 Å². The molecule has 27 heavy (non-hydrogen) atoms. The summed E-state index contributed by atoms with van der Waals surface area (Å²) in [7, 11) is -1.83. The molecule has 0 saturated heterocycles. The normalized spacial score (nSPS) is 17.3. The second kappa shape index (κ2) is 7.23. The first kappa shape index (κ1) is 19.2. The van der Waals surface area contributed by atoms with E-state index in [0.717, 1.165) is 18.4 Å². The number of hydrogen-bond acceptors (Lipinski definition) is 4. The molecule has 0 fully saturated rings. The van der Waals surface area contributed by atoms with Crippen molar-refractivity contribution in [3.05, 3.63) is 54.1 Å². The number of benzene rings is 2. The molecule has 0 saturated carbocycles. The minimum atomic E-state index is -3.32. The van der Waals surface area contributed by atoms with Gasteiger partial charge in [-0.15, -0.1) is 0 Å². The van der Waals surface area contributed by atoms with Gasteiger partial charge in [-0.25, -0.2) is 8.42 Å². The molecular weight excluding hydrogens is 364 g/mol. The average molecular weight is 388 g/mol. The van der Waals surface area contributed by atoms with Crippen molar-refractivity contribution in [1.29, 1.82) is 0 Å². The largest absolute Gasteiger partial charge is 0.481 e. The molecule has 0 spiro atoms. The summed E-state index contributed by atoms with van der Waals surface area (Å²) in [6, 6.07) is 14.6. The number of hydrogen-bond donors (Lipinski definition) is 0. The van der Waals surface area contributed by atoms with Gasteiger partial charge in [-0.3, -0.25) is 9.10 Å². The van der Waals surface area contributed by atoms with Crippen LogP contribution < -0.4 is 13.9 Å². The number of ether oxygens (including phenoxy) is 1. The van der Waals surface area contributed by atoms with Crippen LogP contribution in [0.2, 0.25) is 0 Å². The Bertz CT molecular complexity index is 941. The van der Waals surface area contributed by atoms with Crippen molar-refractivity contribution in [2.45, 2.75) is 32.4 Å². The summed E-state index contributed by atoms with van der Waals surface area (Å²) in [6.45, 7) is 3.76. The van der Waals surface area contributed by atoms with E-state index in [0.29, 0.717) is 11.4 Å². The predicted molar refractivity (Wildman–Crippen MR) is 107 cm³/mol. The Labute approximate surface area is 160 Å². The third-order valence-electron chi connectivity index (χ3n) is 4.80. The SMILES string of the molecule is C[C@H](Oc1ccc(N(C)S(C)(=O)=O)cc1)C(=O)N1c2ccccc2C[C@H]1C. The third-order valence-corrected chi connectivity index (χ3v) is 6.01. The summed E-state index contributed by atoms with van der Waals surface area (Å²) < 4.78 is 30.2. The Balaban J connectivity index is 1.72. The molecule has 0 bridgehead atoms. The highest BCUT2D eigenvalue weighted by Crippen LogP contribution is 2.32. The van der Waals surface area contributed by atoms with Crippen LogP contribution in [0, 0.1) is 0 Å². The molecule has 1 aliphatic heterocycles. The van der Waals surface area contributed by atoms with E-state index in [1.54, 1.807) is 36.1 Å². The Morgan fingerprint density at radius 3 is 2.44 bits per heavy atom. The zero-order chi connectivity index (χ0) is 19.8. The van der Waals surface area contributed by atoms with Crippen LogP contribution in [0.4, 0.5) is 11.4 Å². The van der Waals surface area contributed by atoms with Crippen molar-refractivity contribution in [3.8, 4) is 5.75 Å². The highest BCUT2D eigenvalue weighted by Gasteiger charge is 2.33. The first-order valence-corrected chi connectivity index (χ1v) is 10.6. The van der Waals surface area contributed by atoms with Crippen molar-refractivity contribution in [2.75, 3.05) is 22.5 Å². The fraction of sp³-hybridized carbons (Fsp3) is 0.350. The third kappa shape index (κ3) is 3.93. The van der Waals surface area contributed by atoms with Crippen LogP contribution in [0.3, 0.4) is 0 Å². The molecule has 7 heteroatoms. The summed E-state index contributed by atoms with van der Waals surface area (Å²) in [4.78, 5) is 14.7. The molecule has 6 nitrogen and oxygen atoms in total. The summed E-state index contributed by atoms with van der Waals surface area (Å²) in [5, 5.41) is 0. The van der Waals surface area contributed by atoms with Crippen LogP contribution in [0.15, 0.2) is 48.5 Å². The van der Waals surface area contributed by atoms with Crippen molar-refractivity contribution in [2.24, 2.45) is 0 Å². The number of rotatable bonds is 5. The molecule has 0 N–H and O–H groups in total. The number of carbonyl (C=O) groups excluding carboxylic acids is 1. The van der Waals surface area contributed by atoms with Crippen LogP contribution in [0.25, 0.3) is 0 Å². The smallest absolute Gasteiger partial charge is 0.268 e. The molecule has 144 valence electrons. The Kier molecular flexibility index (Phi) is 5.15. The van der Waals surface area contributed by atoms with Crippen LogP contribution in [0.1, 0.15) is 19.4 Å². The van der Waals surface area contributed by atoms with Crippen molar-refractivity contribution in [3.63, 3.8) is 0 Å². The molecule has 0 unspecified atom stereocenters. The minimum Gasteiger partial charge on any atom is -0.481 e. The van der Waals surface area contributed by atoms with Gasteiger partial charge in [0.25, 0.3) is 5.91 Å². The number of amides is 1. The molecule has 1 amide bonds. The molecular formula is C20H24N2O4S. The van der Waals surface area contributed by atoms with Gasteiger partial charge in [-0.05, 0) is 56.2 Å². The zero-order valence-corrected chi connectivity index (χ0v) is 16.7. The van der Waals surface area contributed by atoms with Crippen LogP contribution in [-0.4, -0.2) is 39.8 Å². The second-order valence-corrected chi connectivity index (χ2v) is 8.89. The van der Waals surface area contributed by atoms with Gasteiger partial charge < -0.3 is 9.64 Å². The van der Waals surface area contributed by atoms with Gasteiger partial charge in [-0.1, -0.05) is 18.2 Å². The van der Waals surface area contributed by atoms with E-state index in [9.17, 15) is 13.2 Å². The molecule has 2 aromatic carbocycles. The minimum absolute atomic E-state index is 0.0896. The predicted octanol–water partition coefficient (Wildman–Crippen LogP) is 2.83. The van der Waals surface area contributed by atoms with Crippen LogP contribution in [-0.2, 0) is 21.2 Å². The fourth-order valence-corrected chi connectivity index (χ4v) is 3.78. The lowest BCUT2D eigenvalue weighted by atomic mass is 10.1. The molecule has 2 atom stereocenters. The lowest BCUT2D eigenvalue weighted by Gasteiger charge is -2.26. The maximum Gasteiger partial charge on any atom is 0.268 e. The number of anilines is 2. The quantitative estimate of drug-likeness (QED) is 0.790. The van der Waals surface area contributed by atoms with E-state index >= 15 is 0 Å². The van der Waals surface area contributed by atoms with Gasteiger partial charge in [0.2, 0.25) is 10.0 Å². The molecule has 1 heterocycles. The van der Waals surface area contributed by atoms with Gasteiger partial charge in [-0.2, -0.15) is 0 Å². The summed E-state index contributed by atoms with van der Waals surface area (Å²) in [6.07, 6.45) is 1.33. The zero-order valence-electron chi connectivity index (χ0n) is 15.9. The standard InChI is InChI=1S/C20H24N2O4S/c1-14-13-16-7-5-6-8-19(16)22(14)20(23)15(2)26-18-11-9-17(10-12-18)21(3)27(4,24)25/h5-12,14-15H,13H2,1-4H3/t14-,15+/m1/s1. The summed E-state index contributed by atoms with van der Waals surface area (Å²) in [5.74, 6) is 0.423. The highest BCUT2D eigenvalue weighted by molar-refractivity contribution is 7.92. The maximum absolute atomic E-state index is 12.9. The number of sulfonamides is 1. The highest BCUT2D eigenvalue weighted by atomic mass is 32.2. The maximum atomic E-state index is 12.9. The molecule has 1 aliphatic rings. The van der Waals surface area contributed by atoms with Gasteiger partial charge in [0.05, 0.1) is 11.9 Å². The lowest BCUT2D eigenvalue weighted by molar-refractivity contribution is -0.124. The Morgan fingerprint density at radius 2 is 1.81 bits per heavy atom. The van der Waals surface area contributed by atoms with E-state index in [2.05, 4.69) is 0 Å².